The van der Waals surface area contributed by atoms with Gasteiger partial charge in [-0.15, -0.1) is 0 Å². The number of hydrogen-bond acceptors (Lipinski definition) is 2. The van der Waals surface area contributed by atoms with E-state index in [0.29, 0.717) is 12.1 Å². The Hall–Kier alpha value is -1.49. The van der Waals surface area contributed by atoms with E-state index in [4.69, 9.17) is 5.11 Å². The van der Waals surface area contributed by atoms with Crippen molar-refractivity contribution >= 4 is 5.97 Å². The normalized spacial score (nSPS) is 14.4. The second-order valence-corrected chi connectivity index (χ2v) is 4.09. The number of benzene rings is 1. The van der Waals surface area contributed by atoms with Crippen molar-refractivity contribution in [3.63, 3.8) is 0 Å². The highest BCUT2D eigenvalue weighted by Crippen LogP contribution is 2.26. The molecule has 0 aromatic heterocycles. The first kappa shape index (κ1) is 13.6. The van der Waals surface area contributed by atoms with Crippen LogP contribution in [0.15, 0.2) is 18.2 Å². The number of carbonyl (C=O) groups is 1. The van der Waals surface area contributed by atoms with Gasteiger partial charge >= 0.3 is 5.97 Å². The summed E-state index contributed by atoms with van der Waals surface area (Å²) in [7, 11) is 0. The second-order valence-electron chi connectivity index (χ2n) is 4.09. The quantitative estimate of drug-likeness (QED) is 0.834. The van der Waals surface area contributed by atoms with Crippen molar-refractivity contribution in [2.45, 2.75) is 25.8 Å². The Labute approximate surface area is 98.5 Å². The van der Waals surface area contributed by atoms with E-state index >= 15 is 0 Å². The zero-order valence-electron chi connectivity index (χ0n) is 9.76. The fourth-order valence-corrected chi connectivity index (χ4v) is 1.83. The molecule has 1 unspecified atom stereocenters. The van der Waals surface area contributed by atoms with Crippen molar-refractivity contribution in [1.29, 1.82) is 0 Å². The largest absolute Gasteiger partial charge is 0.481 e. The lowest BCUT2D eigenvalue weighted by atomic mass is 9.88. The van der Waals surface area contributed by atoms with Crippen molar-refractivity contribution in [3.8, 4) is 0 Å². The first-order valence-electron chi connectivity index (χ1n) is 5.31. The summed E-state index contributed by atoms with van der Waals surface area (Å²) in [6.07, 6.45) is -0.246. The average molecular weight is 243 g/mol. The van der Waals surface area contributed by atoms with Crippen molar-refractivity contribution in [2.24, 2.45) is 0 Å². The van der Waals surface area contributed by atoms with Gasteiger partial charge in [0.15, 0.2) is 0 Å². The molecular weight excluding hydrogens is 228 g/mol. The molecule has 5 heteroatoms. The third-order valence-electron chi connectivity index (χ3n) is 2.57. The summed E-state index contributed by atoms with van der Waals surface area (Å²) >= 11 is 0. The molecule has 1 atom stereocenters. The molecule has 0 saturated carbocycles. The van der Waals surface area contributed by atoms with E-state index in [9.17, 15) is 13.6 Å². The van der Waals surface area contributed by atoms with Crippen molar-refractivity contribution < 1.29 is 18.7 Å². The van der Waals surface area contributed by atoms with Gasteiger partial charge in [0.05, 0.1) is 12.0 Å². The van der Waals surface area contributed by atoms with Crippen LogP contribution in [0.1, 0.15) is 25.8 Å². The van der Waals surface area contributed by atoms with Crippen LogP contribution >= 0.6 is 0 Å². The Morgan fingerprint density at radius 1 is 1.35 bits per heavy atom. The predicted molar refractivity (Wildman–Crippen MR) is 59.6 cm³/mol. The van der Waals surface area contributed by atoms with E-state index in [0.717, 1.165) is 18.2 Å². The molecule has 0 fully saturated rings. The van der Waals surface area contributed by atoms with Gasteiger partial charge in [-0.05, 0) is 31.2 Å². The first-order chi connectivity index (χ1) is 7.87. The summed E-state index contributed by atoms with van der Waals surface area (Å²) in [5.74, 6) is -2.46. The Kier molecular flexibility index (Phi) is 4.17. The Morgan fingerprint density at radius 2 is 1.88 bits per heavy atom. The molecule has 0 aliphatic carbocycles. The van der Waals surface area contributed by atoms with E-state index in [1.807, 2.05) is 0 Å². The van der Waals surface area contributed by atoms with Gasteiger partial charge in [0.2, 0.25) is 0 Å². The molecule has 1 aromatic carbocycles. The highest BCUT2D eigenvalue weighted by atomic mass is 19.1. The predicted octanol–water partition coefficient (Wildman–Crippen LogP) is 2.26. The van der Waals surface area contributed by atoms with Gasteiger partial charge in [-0.2, -0.15) is 0 Å². The smallest absolute Gasteiger partial charge is 0.305 e. The van der Waals surface area contributed by atoms with E-state index in [1.54, 1.807) is 13.8 Å². The van der Waals surface area contributed by atoms with Crippen LogP contribution in [-0.4, -0.2) is 17.6 Å². The Balaban J connectivity index is 3.16. The first-order valence-corrected chi connectivity index (χ1v) is 5.31. The summed E-state index contributed by atoms with van der Waals surface area (Å²) in [5, 5.41) is 11.8. The Morgan fingerprint density at radius 3 is 2.29 bits per heavy atom. The third-order valence-corrected chi connectivity index (χ3v) is 2.57. The van der Waals surface area contributed by atoms with Gasteiger partial charge in [0, 0.05) is 6.07 Å². The summed E-state index contributed by atoms with van der Waals surface area (Å²) in [6.45, 7) is 3.91. The van der Waals surface area contributed by atoms with Crippen LogP contribution in [0.5, 0.6) is 0 Å². The van der Waals surface area contributed by atoms with Crippen LogP contribution < -0.4 is 5.32 Å². The zero-order valence-corrected chi connectivity index (χ0v) is 9.76. The van der Waals surface area contributed by atoms with Crippen LogP contribution in [0.25, 0.3) is 0 Å². The highest BCUT2D eigenvalue weighted by Gasteiger charge is 2.29. The summed E-state index contributed by atoms with van der Waals surface area (Å²) in [6, 6.07) is 3.06. The minimum atomic E-state index is -1.03. The molecule has 0 radical (unpaired) electrons. The summed E-state index contributed by atoms with van der Waals surface area (Å²) in [4.78, 5) is 10.8. The Bertz CT molecular complexity index is 403. The van der Waals surface area contributed by atoms with Crippen LogP contribution in [0.4, 0.5) is 8.78 Å². The molecule has 0 aliphatic rings. The molecule has 3 nitrogen and oxygen atoms in total. The molecular formula is C12H15F2NO2. The maximum absolute atomic E-state index is 13.1. The molecule has 0 aliphatic heterocycles. The lowest BCUT2D eigenvalue weighted by molar-refractivity contribution is -0.138. The van der Waals surface area contributed by atoms with Gasteiger partial charge < -0.3 is 10.4 Å². The topological polar surface area (TPSA) is 49.3 Å². The molecule has 2 N–H and O–H groups in total. The van der Waals surface area contributed by atoms with Crippen LogP contribution in [0.3, 0.4) is 0 Å². The maximum Gasteiger partial charge on any atom is 0.305 e. The van der Waals surface area contributed by atoms with E-state index in [1.165, 1.54) is 0 Å². The van der Waals surface area contributed by atoms with Gasteiger partial charge in [0.25, 0.3) is 0 Å². The lowest BCUT2D eigenvalue weighted by Crippen LogP contribution is -2.41. The zero-order chi connectivity index (χ0) is 13.1. The van der Waals surface area contributed by atoms with Crippen molar-refractivity contribution in [2.75, 3.05) is 6.54 Å². The van der Waals surface area contributed by atoms with Gasteiger partial charge in [-0.1, -0.05) is 6.92 Å². The lowest BCUT2D eigenvalue weighted by Gasteiger charge is -2.29. The molecule has 17 heavy (non-hydrogen) atoms. The summed E-state index contributed by atoms with van der Waals surface area (Å²) in [5.41, 5.74) is -0.692. The van der Waals surface area contributed by atoms with Crippen molar-refractivity contribution in [3.05, 3.63) is 35.4 Å². The molecule has 94 valence electrons. The third kappa shape index (κ3) is 3.49. The highest BCUT2D eigenvalue weighted by molar-refractivity contribution is 5.68. The molecule has 0 spiro atoms. The van der Waals surface area contributed by atoms with E-state index < -0.39 is 23.1 Å². The van der Waals surface area contributed by atoms with Crippen LogP contribution in [0.2, 0.25) is 0 Å². The minimum Gasteiger partial charge on any atom is -0.481 e. The van der Waals surface area contributed by atoms with Crippen LogP contribution in [0, 0.1) is 11.6 Å². The molecule has 1 aromatic rings. The fourth-order valence-electron chi connectivity index (χ4n) is 1.83. The molecule has 0 heterocycles. The summed E-state index contributed by atoms with van der Waals surface area (Å²) < 4.78 is 26.2. The molecule has 0 amide bonds. The van der Waals surface area contributed by atoms with E-state index in [-0.39, 0.29) is 6.42 Å². The van der Waals surface area contributed by atoms with Gasteiger partial charge in [0.1, 0.15) is 11.6 Å². The number of carboxylic acids is 1. The van der Waals surface area contributed by atoms with Crippen LogP contribution in [-0.2, 0) is 10.3 Å². The molecule has 0 saturated heterocycles. The number of nitrogens with one attached hydrogen (secondary N) is 1. The average Bonchev–Trinajstić information content (AvgIpc) is 2.14. The maximum atomic E-state index is 13.1. The second kappa shape index (κ2) is 5.23. The van der Waals surface area contributed by atoms with Crippen molar-refractivity contribution in [1.82, 2.24) is 5.32 Å². The fraction of sp³-hybridized carbons (Fsp3) is 0.417. The molecule has 0 bridgehead atoms. The monoisotopic (exact) mass is 243 g/mol. The minimum absolute atomic E-state index is 0.246. The number of rotatable bonds is 5. The SMILES string of the molecule is CCNC(C)(CC(=O)O)c1cc(F)cc(F)c1. The van der Waals surface area contributed by atoms with Gasteiger partial charge in [-0.25, -0.2) is 8.78 Å². The number of halogens is 2. The number of hydrogen-bond donors (Lipinski definition) is 2. The number of carboxylic acid groups (broad SMARTS) is 1. The van der Waals surface area contributed by atoms with E-state index in [2.05, 4.69) is 5.32 Å². The molecule has 1 rings (SSSR count). The van der Waals surface area contributed by atoms with Gasteiger partial charge in [-0.3, -0.25) is 4.79 Å². The standard InChI is InChI=1S/C12H15F2NO2/c1-3-15-12(2,7-11(16)17)8-4-9(13)6-10(14)5-8/h4-6,15H,3,7H2,1-2H3,(H,16,17). The number of aliphatic carboxylic acids is 1.